The van der Waals surface area contributed by atoms with Crippen LogP contribution in [0.2, 0.25) is 0 Å². The van der Waals surface area contributed by atoms with E-state index in [4.69, 9.17) is 4.74 Å². The molecule has 1 amide bonds. The summed E-state index contributed by atoms with van der Waals surface area (Å²) < 4.78 is 19.7. The normalized spacial score (nSPS) is 10.3. The van der Waals surface area contributed by atoms with Crippen LogP contribution in [-0.2, 0) is 17.9 Å². The van der Waals surface area contributed by atoms with Crippen LogP contribution in [0.5, 0.6) is 5.75 Å². The Labute approximate surface area is 114 Å². The van der Waals surface area contributed by atoms with Gasteiger partial charge in [-0.05, 0) is 28.1 Å². The molecule has 0 spiro atoms. The van der Waals surface area contributed by atoms with Crippen molar-refractivity contribution in [2.24, 2.45) is 0 Å². The molecule has 1 heterocycles. The molecule has 0 radical (unpaired) electrons. The Bertz CT molecular complexity index is 588. The van der Waals surface area contributed by atoms with Crippen molar-refractivity contribution < 1.29 is 13.9 Å². The van der Waals surface area contributed by atoms with E-state index in [0.29, 0.717) is 12.1 Å². The molecule has 106 valence electrons. The van der Waals surface area contributed by atoms with E-state index in [-0.39, 0.29) is 18.2 Å². The highest BCUT2D eigenvalue weighted by molar-refractivity contribution is 5.75. The minimum atomic E-state index is -0.452. The monoisotopic (exact) mass is 279 g/mol. The smallest absolute Gasteiger partial charge is 0.244 e. The van der Waals surface area contributed by atoms with E-state index >= 15 is 0 Å². The first-order chi connectivity index (χ1) is 9.60. The third-order valence-electron chi connectivity index (χ3n) is 2.75. The zero-order valence-electron chi connectivity index (χ0n) is 11.2. The van der Waals surface area contributed by atoms with Crippen molar-refractivity contribution in [2.45, 2.75) is 13.1 Å². The van der Waals surface area contributed by atoms with Crippen LogP contribution in [0, 0.1) is 5.82 Å². The van der Waals surface area contributed by atoms with E-state index in [1.54, 1.807) is 13.1 Å². The number of rotatable bonds is 5. The Kier molecular flexibility index (Phi) is 4.24. The molecule has 1 aromatic carbocycles. The van der Waals surface area contributed by atoms with E-state index < -0.39 is 5.82 Å². The van der Waals surface area contributed by atoms with Gasteiger partial charge in [0.15, 0.2) is 11.6 Å². The molecule has 2 rings (SSSR count). The average Bonchev–Trinajstić information content (AvgIpc) is 2.91. The highest BCUT2D eigenvalue weighted by Gasteiger charge is 2.12. The average molecular weight is 279 g/mol. The molecule has 0 aliphatic carbocycles. The number of likely N-dealkylation sites (N-methyl/N-ethyl adjacent to an activating group) is 1. The summed E-state index contributed by atoms with van der Waals surface area (Å²) in [5, 5.41) is 10.5. The van der Waals surface area contributed by atoms with Crippen LogP contribution in [0.25, 0.3) is 0 Å². The molecule has 0 atom stereocenters. The van der Waals surface area contributed by atoms with Gasteiger partial charge in [-0.3, -0.25) is 4.79 Å². The van der Waals surface area contributed by atoms with E-state index in [0.717, 1.165) is 0 Å². The lowest BCUT2D eigenvalue weighted by Gasteiger charge is -2.17. The molecule has 0 bridgehead atoms. The first kappa shape index (κ1) is 13.9. The van der Waals surface area contributed by atoms with Gasteiger partial charge in [0, 0.05) is 13.6 Å². The number of nitrogens with zero attached hydrogens (tertiary/aromatic N) is 5. The molecule has 0 aliphatic rings. The number of amides is 1. The quantitative estimate of drug-likeness (QED) is 0.796. The predicted octanol–water partition coefficient (Wildman–Crippen LogP) is 0.479. The van der Waals surface area contributed by atoms with Gasteiger partial charge < -0.3 is 9.64 Å². The standard InChI is InChI=1S/C12H14FN5O2/c1-17(12(19)7-18-8-14-15-16-18)6-9-3-4-11(20-2)10(13)5-9/h3-5,8H,6-7H2,1-2H3. The number of hydrogen-bond acceptors (Lipinski definition) is 5. The molecule has 2 aromatic rings. The maximum Gasteiger partial charge on any atom is 0.244 e. The molecular weight excluding hydrogens is 265 g/mol. The van der Waals surface area contributed by atoms with Crippen LogP contribution >= 0.6 is 0 Å². The molecular formula is C12H14FN5O2. The van der Waals surface area contributed by atoms with E-state index in [1.807, 2.05) is 0 Å². The summed E-state index contributed by atoms with van der Waals surface area (Å²) in [7, 11) is 3.04. The van der Waals surface area contributed by atoms with Crippen LogP contribution in [-0.4, -0.2) is 45.2 Å². The fourth-order valence-corrected chi connectivity index (χ4v) is 1.68. The Morgan fingerprint density at radius 3 is 2.90 bits per heavy atom. The van der Waals surface area contributed by atoms with Crippen LogP contribution in [0.1, 0.15) is 5.56 Å². The van der Waals surface area contributed by atoms with Gasteiger partial charge in [-0.15, -0.1) is 5.10 Å². The topological polar surface area (TPSA) is 73.1 Å². The summed E-state index contributed by atoms with van der Waals surface area (Å²) in [6.07, 6.45) is 1.36. The van der Waals surface area contributed by atoms with Crippen molar-refractivity contribution in [3.63, 3.8) is 0 Å². The molecule has 20 heavy (non-hydrogen) atoms. The number of halogens is 1. The lowest BCUT2D eigenvalue weighted by Crippen LogP contribution is -2.30. The molecule has 0 aliphatic heterocycles. The number of methoxy groups -OCH3 is 1. The predicted molar refractivity (Wildman–Crippen MR) is 67.2 cm³/mol. The van der Waals surface area contributed by atoms with E-state index in [1.165, 1.54) is 35.2 Å². The van der Waals surface area contributed by atoms with Gasteiger partial charge in [0.25, 0.3) is 0 Å². The van der Waals surface area contributed by atoms with Crippen molar-refractivity contribution in [3.8, 4) is 5.75 Å². The third kappa shape index (κ3) is 3.28. The maximum atomic E-state index is 13.5. The lowest BCUT2D eigenvalue weighted by atomic mass is 10.2. The minimum Gasteiger partial charge on any atom is -0.494 e. The summed E-state index contributed by atoms with van der Waals surface area (Å²) in [5.74, 6) is -0.448. The van der Waals surface area contributed by atoms with Crippen molar-refractivity contribution in [2.75, 3.05) is 14.2 Å². The summed E-state index contributed by atoms with van der Waals surface area (Å²) in [6.45, 7) is 0.337. The number of aromatic nitrogens is 4. The zero-order chi connectivity index (χ0) is 14.5. The zero-order valence-corrected chi connectivity index (χ0v) is 11.2. The van der Waals surface area contributed by atoms with Crippen LogP contribution in [0.3, 0.4) is 0 Å². The molecule has 1 aromatic heterocycles. The molecule has 7 nitrogen and oxygen atoms in total. The summed E-state index contributed by atoms with van der Waals surface area (Å²) >= 11 is 0. The second-order valence-electron chi connectivity index (χ2n) is 4.23. The van der Waals surface area contributed by atoms with Gasteiger partial charge in [-0.1, -0.05) is 6.07 Å². The molecule has 8 heteroatoms. The Morgan fingerprint density at radius 2 is 2.30 bits per heavy atom. The maximum absolute atomic E-state index is 13.5. The third-order valence-corrected chi connectivity index (χ3v) is 2.75. The fraction of sp³-hybridized carbons (Fsp3) is 0.333. The number of benzene rings is 1. The van der Waals surface area contributed by atoms with Crippen LogP contribution in [0.15, 0.2) is 24.5 Å². The first-order valence-corrected chi connectivity index (χ1v) is 5.87. The second kappa shape index (κ2) is 6.09. The highest BCUT2D eigenvalue weighted by Crippen LogP contribution is 2.18. The molecule has 0 N–H and O–H groups in total. The van der Waals surface area contributed by atoms with Gasteiger partial charge in [0.2, 0.25) is 5.91 Å². The second-order valence-corrected chi connectivity index (χ2v) is 4.23. The van der Waals surface area contributed by atoms with Gasteiger partial charge >= 0.3 is 0 Å². The largest absolute Gasteiger partial charge is 0.494 e. The molecule has 0 saturated carbocycles. The minimum absolute atomic E-state index is 0.0438. The number of hydrogen-bond donors (Lipinski definition) is 0. The van der Waals surface area contributed by atoms with Crippen molar-refractivity contribution in [1.29, 1.82) is 0 Å². The van der Waals surface area contributed by atoms with Crippen molar-refractivity contribution in [1.82, 2.24) is 25.1 Å². The summed E-state index contributed by atoms with van der Waals surface area (Å²) in [6, 6.07) is 4.59. The SMILES string of the molecule is COc1ccc(CN(C)C(=O)Cn2cnnn2)cc1F. The van der Waals surface area contributed by atoms with E-state index in [2.05, 4.69) is 15.5 Å². The number of carbonyl (C=O) groups is 1. The van der Waals surface area contributed by atoms with Crippen molar-refractivity contribution in [3.05, 3.63) is 35.9 Å². The Hall–Kier alpha value is -2.51. The number of ether oxygens (including phenoxy) is 1. The van der Waals surface area contributed by atoms with Gasteiger partial charge in [-0.25, -0.2) is 9.07 Å². The Balaban J connectivity index is 1.98. The summed E-state index contributed by atoms with van der Waals surface area (Å²) in [4.78, 5) is 13.4. The molecule has 0 saturated heterocycles. The number of carbonyl (C=O) groups excluding carboxylic acids is 1. The fourth-order valence-electron chi connectivity index (χ4n) is 1.68. The van der Waals surface area contributed by atoms with E-state index in [9.17, 15) is 9.18 Å². The van der Waals surface area contributed by atoms with Crippen LogP contribution < -0.4 is 4.74 Å². The molecule has 0 unspecified atom stereocenters. The summed E-state index contributed by atoms with van der Waals surface area (Å²) in [5.41, 5.74) is 0.677. The lowest BCUT2D eigenvalue weighted by molar-refractivity contribution is -0.131. The van der Waals surface area contributed by atoms with Gasteiger partial charge in [0.05, 0.1) is 7.11 Å². The van der Waals surface area contributed by atoms with Gasteiger partial charge in [0.1, 0.15) is 12.9 Å². The Morgan fingerprint density at radius 1 is 1.50 bits per heavy atom. The van der Waals surface area contributed by atoms with Crippen LogP contribution in [0.4, 0.5) is 4.39 Å². The number of tetrazole rings is 1. The highest BCUT2D eigenvalue weighted by atomic mass is 19.1. The van der Waals surface area contributed by atoms with Crippen molar-refractivity contribution >= 4 is 5.91 Å². The molecule has 0 fully saturated rings. The first-order valence-electron chi connectivity index (χ1n) is 5.87. The van der Waals surface area contributed by atoms with Gasteiger partial charge in [-0.2, -0.15) is 0 Å².